The van der Waals surface area contributed by atoms with E-state index in [9.17, 15) is 0 Å². The van der Waals surface area contributed by atoms with Gasteiger partial charge in [0.15, 0.2) is 0 Å². The standard InChI is InChI=1S/C50H28O2S2/c1-3-7-35-23-45-39(21-33(35)5-1)25-43(51-45)31-13-9-29(10-14-31)37-17-19-41-47(27-37)53-50-42-20-18-38(28-48(42)54-49(41)50)30-11-15-32(16-12-30)44-26-40-22-34-6-2-4-8-36(34)24-46(40)52-44/h1-28H. The van der Waals surface area contributed by atoms with Gasteiger partial charge in [0.05, 0.1) is 9.40 Å². The lowest BCUT2D eigenvalue weighted by Crippen LogP contribution is -1.79. The van der Waals surface area contributed by atoms with Crippen LogP contribution in [-0.4, -0.2) is 0 Å². The second-order valence-corrected chi connectivity index (χ2v) is 16.2. The monoisotopic (exact) mass is 724 g/mol. The molecule has 12 rings (SSSR count). The van der Waals surface area contributed by atoms with E-state index in [1.807, 2.05) is 22.7 Å². The Morgan fingerprint density at radius 1 is 0.296 bits per heavy atom. The van der Waals surface area contributed by atoms with E-state index in [2.05, 4.69) is 170 Å². The van der Waals surface area contributed by atoms with Crippen LogP contribution in [0.5, 0.6) is 0 Å². The zero-order valence-corrected chi connectivity index (χ0v) is 30.4. The molecule has 0 aliphatic rings. The molecule has 252 valence electrons. The highest BCUT2D eigenvalue weighted by molar-refractivity contribution is 7.36. The van der Waals surface area contributed by atoms with Crippen LogP contribution in [0.25, 0.3) is 118 Å². The molecule has 0 saturated carbocycles. The van der Waals surface area contributed by atoms with Crippen molar-refractivity contribution in [1.29, 1.82) is 0 Å². The number of fused-ring (bicyclic) bond motifs is 9. The average molecular weight is 725 g/mol. The molecule has 0 N–H and O–H groups in total. The molecule has 0 aliphatic heterocycles. The molecule has 0 unspecified atom stereocenters. The normalized spacial score (nSPS) is 12.1. The van der Waals surface area contributed by atoms with E-state index in [4.69, 9.17) is 8.83 Å². The molecule has 0 spiro atoms. The molecule has 12 aromatic rings. The SMILES string of the molecule is c1ccc2cc3oc(-c4ccc(-c5ccc6c(c5)sc5c7ccc(-c8ccc(-c9cc%10cc%11ccccc%11cc%10o9)cc8)cc7sc65)cc4)cc3cc2c1. The van der Waals surface area contributed by atoms with Crippen molar-refractivity contribution in [3.05, 3.63) is 170 Å². The molecule has 2 nitrogen and oxygen atoms in total. The highest BCUT2D eigenvalue weighted by Gasteiger charge is 2.15. The van der Waals surface area contributed by atoms with Gasteiger partial charge < -0.3 is 8.83 Å². The summed E-state index contributed by atoms with van der Waals surface area (Å²) in [5.41, 5.74) is 8.86. The van der Waals surface area contributed by atoms with Gasteiger partial charge in [-0.1, -0.05) is 121 Å². The van der Waals surface area contributed by atoms with Crippen LogP contribution >= 0.6 is 22.7 Å². The van der Waals surface area contributed by atoms with Gasteiger partial charge in [-0.05, 0) is 92.3 Å². The van der Waals surface area contributed by atoms with E-state index in [0.717, 1.165) is 44.6 Å². The minimum absolute atomic E-state index is 0.893. The summed E-state index contributed by atoms with van der Waals surface area (Å²) in [5.74, 6) is 1.79. The molecule has 4 aromatic heterocycles. The third-order valence-electron chi connectivity index (χ3n) is 10.9. The fraction of sp³-hybridized carbons (Fsp3) is 0. The largest absolute Gasteiger partial charge is 0.456 e. The fourth-order valence-electron chi connectivity index (χ4n) is 8.01. The van der Waals surface area contributed by atoms with Crippen LogP contribution in [-0.2, 0) is 0 Å². The first-order chi connectivity index (χ1) is 26.7. The van der Waals surface area contributed by atoms with E-state index >= 15 is 0 Å². The molecule has 4 heteroatoms. The molecule has 0 atom stereocenters. The number of thiophene rings is 2. The van der Waals surface area contributed by atoms with Crippen molar-refractivity contribution < 1.29 is 8.83 Å². The van der Waals surface area contributed by atoms with Crippen molar-refractivity contribution in [3.8, 4) is 44.9 Å². The molecule has 0 fully saturated rings. The van der Waals surface area contributed by atoms with Gasteiger partial charge in [0, 0.05) is 42.1 Å². The second kappa shape index (κ2) is 11.5. The van der Waals surface area contributed by atoms with Gasteiger partial charge in [-0.2, -0.15) is 0 Å². The zero-order valence-electron chi connectivity index (χ0n) is 28.8. The summed E-state index contributed by atoms with van der Waals surface area (Å²) < 4.78 is 18.0. The van der Waals surface area contributed by atoms with Crippen LogP contribution in [0, 0.1) is 0 Å². The Kier molecular flexibility index (Phi) is 6.41. The Bertz CT molecular complexity index is 3090. The maximum absolute atomic E-state index is 6.30. The van der Waals surface area contributed by atoms with Gasteiger partial charge in [0.25, 0.3) is 0 Å². The smallest absolute Gasteiger partial charge is 0.135 e. The van der Waals surface area contributed by atoms with Crippen molar-refractivity contribution in [3.63, 3.8) is 0 Å². The van der Waals surface area contributed by atoms with Gasteiger partial charge in [-0.25, -0.2) is 0 Å². The van der Waals surface area contributed by atoms with E-state index in [1.165, 1.54) is 73.4 Å². The molecule has 0 radical (unpaired) electrons. The molecule has 0 saturated heterocycles. The van der Waals surface area contributed by atoms with Gasteiger partial charge in [0.2, 0.25) is 0 Å². The molecule has 0 bridgehead atoms. The third kappa shape index (κ3) is 4.78. The van der Waals surface area contributed by atoms with Crippen molar-refractivity contribution in [2.45, 2.75) is 0 Å². The summed E-state index contributed by atoms with van der Waals surface area (Å²) in [6, 6.07) is 61.2. The molecular weight excluding hydrogens is 697 g/mol. The average Bonchev–Trinajstić information content (AvgIpc) is 4.00. The Hall–Kier alpha value is -6.46. The van der Waals surface area contributed by atoms with Gasteiger partial charge >= 0.3 is 0 Å². The summed E-state index contributed by atoms with van der Waals surface area (Å²) in [5, 5.41) is 9.75. The minimum atomic E-state index is 0.893. The topological polar surface area (TPSA) is 26.3 Å². The summed E-state index contributed by atoms with van der Waals surface area (Å²) in [4.78, 5) is 0. The van der Waals surface area contributed by atoms with Gasteiger partial charge in [0.1, 0.15) is 22.7 Å². The first kappa shape index (κ1) is 30.0. The maximum atomic E-state index is 6.30. The lowest BCUT2D eigenvalue weighted by atomic mass is 10.0. The predicted molar refractivity (Wildman–Crippen MR) is 231 cm³/mol. The Morgan fingerprint density at radius 2 is 0.667 bits per heavy atom. The first-order valence-corrected chi connectivity index (χ1v) is 19.8. The molecule has 4 heterocycles. The number of benzene rings is 8. The fourth-order valence-corrected chi connectivity index (χ4v) is 10.7. The van der Waals surface area contributed by atoms with Crippen LogP contribution in [0.4, 0.5) is 0 Å². The minimum Gasteiger partial charge on any atom is -0.456 e. The summed E-state index contributed by atoms with van der Waals surface area (Å²) in [7, 11) is 0. The van der Waals surface area contributed by atoms with Crippen LogP contribution in [0.1, 0.15) is 0 Å². The Morgan fingerprint density at radius 3 is 1.09 bits per heavy atom. The third-order valence-corrected chi connectivity index (χ3v) is 13.4. The van der Waals surface area contributed by atoms with Gasteiger partial charge in [-0.3, -0.25) is 0 Å². The number of furan rings is 2. The Balaban J connectivity index is 0.823. The number of rotatable bonds is 4. The van der Waals surface area contributed by atoms with E-state index in [1.54, 1.807) is 0 Å². The Labute approximate surface area is 317 Å². The molecule has 0 aliphatic carbocycles. The molecule has 8 aromatic carbocycles. The quantitative estimate of drug-likeness (QED) is 0.181. The van der Waals surface area contributed by atoms with Gasteiger partial charge in [-0.15, -0.1) is 22.7 Å². The van der Waals surface area contributed by atoms with Crippen LogP contribution in [0.15, 0.2) is 179 Å². The van der Waals surface area contributed by atoms with Crippen LogP contribution in [0.3, 0.4) is 0 Å². The summed E-state index contributed by atoms with van der Waals surface area (Å²) in [6.45, 7) is 0. The predicted octanol–water partition coefficient (Wildman–Crippen LogP) is 15.7. The zero-order chi connectivity index (χ0) is 35.3. The second-order valence-electron chi connectivity index (χ2n) is 14.1. The van der Waals surface area contributed by atoms with Crippen LogP contribution in [0.2, 0.25) is 0 Å². The van der Waals surface area contributed by atoms with E-state index in [-0.39, 0.29) is 0 Å². The van der Waals surface area contributed by atoms with E-state index in [0.29, 0.717) is 0 Å². The number of hydrogen-bond acceptors (Lipinski definition) is 4. The van der Waals surface area contributed by atoms with E-state index < -0.39 is 0 Å². The van der Waals surface area contributed by atoms with Crippen molar-refractivity contribution in [2.24, 2.45) is 0 Å². The lowest BCUT2D eigenvalue weighted by molar-refractivity contribution is 0.631. The highest BCUT2D eigenvalue weighted by Crippen LogP contribution is 2.46. The molecule has 54 heavy (non-hydrogen) atoms. The summed E-state index contributed by atoms with van der Waals surface area (Å²) in [6.07, 6.45) is 0. The van der Waals surface area contributed by atoms with Crippen LogP contribution < -0.4 is 0 Å². The van der Waals surface area contributed by atoms with Crippen molar-refractivity contribution in [2.75, 3.05) is 0 Å². The lowest BCUT2D eigenvalue weighted by Gasteiger charge is -2.04. The van der Waals surface area contributed by atoms with Crippen molar-refractivity contribution in [1.82, 2.24) is 0 Å². The van der Waals surface area contributed by atoms with Crippen molar-refractivity contribution >= 4 is 95.7 Å². The number of hydrogen-bond donors (Lipinski definition) is 0. The highest BCUT2D eigenvalue weighted by atomic mass is 32.1. The summed E-state index contributed by atoms with van der Waals surface area (Å²) >= 11 is 3.80. The molecular formula is C50H28O2S2. The molecule has 0 amide bonds. The maximum Gasteiger partial charge on any atom is 0.135 e. The first-order valence-electron chi connectivity index (χ1n) is 18.1.